The summed E-state index contributed by atoms with van der Waals surface area (Å²) < 4.78 is 0. The molecule has 102 valence electrons. The lowest BCUT2D eigenvalue weighted by molar-refractivity contribution is -0.122. The van der Waals surface area contributed by atoms with Crippen molar-refractivity contribution in [2.24, 2.45) is 0 Å². The van der Waals surface area contributed by atoms with E-state index in [-0.39, 0.29) is 11.9 Å². The fourth-order valence-corrected chi connectivity index (χ4v) is 3.26. The second-order valence-corrected chi connectivity index (χ2v) is 5.85. The molecule has 1 aliphatic carbocycles. The quantitative estimate of drug-likeness (QED) is 0.856. The van der Waals surface area contributed by atoms with E-state index in [9.17, 15) is 4.79 Å². The minimum Gasteiger partial charge on any atom is -0.373 e. The number of fused-ring (bicyclic) bond motifs is 1. The first-order valence-corrected chi connectivity index (χ1v) is 7.39. The Morgan fingerprint density at radius 2 is 2.05 bits per heavy atom. The summed E-state index contributed by atoms with van der Waals surface area (Å²) in [6.45, 7) is 2.09. The molecule has 1 aromatic rings. The van der Waals surface area contributed by atoms with Gasteiger partial charge in [0.2, 0.25) is 5.91 Å². The molecule has 3 heteroatoms. The van der Waals surface area contributed by atoms with Crippen LogP contribution in [0.4, 0.5) is 5.69 Å². The Hall–Kier alpha value is -1.51. The molecule has 0 bridgehead atoms. The van der Waals surface area contributed by atoms with E-state index in [2.05, 4.69) is 35.8 Å². The van der Waals surface area contributed by atoms with Crippen molar-refractivity contribution in [2.75, 3.05) is 5.32 Å². The molecule has 1 fully saturated rings. The molecule has 0 radical (unpaired) electrons. The molecule has 0 spiro atoms. The van der Waals surface area contributed by atoms with Crippen LogP contribution in [0.2, 0.25) is 0 Å². The summed E-state index contributed by atoms with van der Waals surface area (Å²) >= 11 is 0. The van der Waals surface area contributed by atoms with E-state index in [1.54, 1.807) is 0 Å². The Morgan fingerprint density at radius 1 is 1.26 bits per heavy atom. The fraction of sp³-hybridized carbons (Fsp3) is 0.562. The number of nitrogens with one attached hydrogen (secondary N) is 2. The van der Waals surface area contributed by atoms with E-state index in [1.807, 2.05) is 0 Å². The van der Waals surface area contributed by atoms with Crippen LogP contribution in [0.5, 0.6) is 0 Å². The molecule has 1 saturated carbocycles. The molecule has 1 unspecified atom stereocenters. The monoisotopic (exact) mass is 258 g/mol. The zero-order valence-electron chi connectivity index (χ0n) is 11.5. The summed E-state index contributed by atoms with van der Waals surface area (Å²) in [5, 5.41) is 6.59. The number of aryl methyl sites for hydroxylation is 1. The highest BCUT2D eigenvalue weighted by Gasteiger charge is 2.29. The number of amides is 1. The lowest BCUT2D eigenvalue weighted by Gasteiger charge is -2.24. The Morgan fingerprint density at radius 3 is 2.79 bits per heavy atom. The molecule has 19 heavy (non-hydrogen) atoms. The third-order valence-electron chi connectivity index (χ3n) is 4.37. The first-order valence-electron chi connectivity index (χ1n) is 7.39. The molecule has 2 N–H and O–H groups in total. The molecule has 1 heterocycles. The molecule has 0 aromatic heterocycles. The summed E-state index contributed by atoms with van der Waals surface area (Å²) in [6.07, 6.45) is 6.92. The van der Waals surface area contributed by atoms with Crippen molar-refractivity contribution < 1.29 is 4.79 Å². The van der Waals surface area contributed by atoms with Crippen LogP contribution < -0.4 is 10.6 Å². The van der Waals surface area contributed by atoms with E-state index >= 15 is 0 Å². The Kier molecular flexibility index (Phi) is 3.45. The van der Waals surface area contributed by atoms with Crippen molar-refractivity contribution in [3.63, 3.8) is 0 Å². The number of carbonyl (C=O) groups is 1. The van der Waals surface area contributed by atoms with Gasteiger partial charge in [0, 0.05) is 18.2 Å². The lowest BCUT2D eigenvalue weighted by atomic mass is 9.95. The maximum atomic E-state index is 12.3. The molecule has 1 amide bonds. The molecule has 3 nitrogen and oxygen atoms in total. The molecular weight excluding hydrogens is 236 g/mol. The zero-order valence-corrected chi connectivity index (χ0v) is 11.5. The van der Waals surface area contributed by atoms with Gasteiger partial charge in [-0.05, 0) is 30.9 Å². The minimum absolute atomic E-state index is 0.0852. The van der Waals surface area contributed by atoms with Gasteiger partial charge in [0.15, 0.2) is 0 Å². The summed E-state index contributed by atoms with van der Waals surface area (Å²) in [7, 11) is 0. The second kappa shape index (κ2) is 5.24. The van der Waals surface area contributed by atoms with Gasteiger partial charge in [0.25, 0.3) is 0 Å². The first kappa shape index (κ1) is 12.5. The van der Waals surface area contributed by atoms with Crippen LogP contribution in [0.25, 0.3) is 0 Å². The van der Waals surface area contributed by atoms with Gasteiger partial charge in [-0.25, -0.2) is 0 Å². The van der Waals surface area contributed by atoms with Crippen LogP contribution in [0, 0.1) is 6.92 Å². The van der Waals surface area contributed by atoms with E-state index < -0.39 is 0 Å². The lowest BCUT2D eigenvalue weighted by Crippen LogP contribution is -2.44. The van der Waals surface area contributed by atoms with Gasteiger partial charge >= 0.3 is 0 Å². The maximum absolute atomic E-state index is 12.3. The molecule has 2 aliphatic rings. The summed E-state index contributed by atoms with van der Waals surface area (Å²) in [5.74, 6) is 0.169. The van der Waals surface area contributed by atoms with Crippen LogP contribution in [0.3, 0.4) is 0 Å². The van der Waals surface area contributed by atoms with Gasteiger partial charge in [-0.15, -0.1) is 0 Å². The average Bonchev–Trinajstić information content (AvgIpc) is 2.85. The highest BCUT2D eigenvalue weighted by atomic mass is 16.2. The van der Waals surface area contributed by atoms with Crippen LogP contribution in [-0.4, -0.2) is 18.0 Å². The summed E-state index contributed by atoms with van der Waals surface area (Å²) in [5.41, 5.74) is 3.65. The minimum atomic E-state index is -0.0852. The van der Waals surface area contributed by atoms with Crippen molar-refractivity contribution in [2.45, 2.75) is 57.5 Å². The van der Waals surface area contributed by atoms with E-state index in [4.69, 9.17) is 0 Å². The topological polar surface area (TPSA) is 41.1 Å². The van der Waals surface area contributed by atoms with Crippen LogP contribution >= 0.6 is 0 Å². The van der Waals surface area contributed by atoms with Gasteiger partial charge in [-0.3, -0.25) is 4.79 Å². The van der Waals surface area contributed by atoms with E-state index in [0.29, 0.717) is 6.04 Å². The predicted octanol–water partition coefficient (Wildman–Crippen LogP) is 2.78. The maximum Gasteiger partial charge on any atom is 0.243 e. The van der Waals surface area contributed by atoms with Gasteiger partial charge in [0.1, 0.15) is 6.04 Å². The van der Waals surface area contributed by atoms with Crippen molar-refractivity contribution in [3.8, 4) is 0 Å². The fourth-order valence-electron chi connectivity index (χ4n) is 3.26. The number of hydrogen-bond donors (Lipinski definition) is 2. The van der Waals surface area contributed by atoms with E-state index in [1.165, 1.54) is 30.4 Å². The van der Waals surface area contributed by atoms with Crippen LogP contribution in [0.15, 0.2) is 18.2 Å². The second-order valence-electron chi connectivity index (χ2n) is 5.85. The van der Waals surface area contributed by atoms with Crippen molar-refractivity contribution in [1.29, 1.82) is 0 Å². The normalized spacial score (nSPS) is 22.7. The number of benzene rings is 1. The first-order chi connectivity index (χ1) is 9.24. The van der Waals surface area contributed by atoms with E-state index in [0.717, 1.165) is 24.9 Å². The standard InChI is InChI=1S/C16H22N2O/c1-11-6-5-7-12-10-14(18-15(11)12)16(19)17-13-8-3-2-4-9-13/h5-7,13-14,18H,2-4,8-10H2,1H3,(H,17,19). The molecule has 1 aromatic carbocycles. The molecule has 0 saturated heterocycles. The Bertz CT molecular complexity index is 478. The number of carbonyl (C=O) groups excluding carboxylic acids is 1. The highest BCUT2D eigenvalue weighted by molar-refractivity contribution is 5.88. The Balaban J connectivity index is 1.62. The van der Waals surface area contributed by atoms with Gasteiger partial charge in [0.05, 0.1) is 0 Å². The Labute approximate surface area is 114 Å². The number of anilines is 1. The number of para-hydroxylation sites is 1. The predicted molar refractivity (Wildman–Crippen MR) is 77.3 cm³/mol. The van der Waals surface area contributed by atoms with Gasteiger partial charge in [-0.1, -0.05) is 37.5 Å². The average molecular weight is 258 g/mol. The summed E-state index contributed by atoms with van der Waals surface area (Å²) in [4.78, 5) is 12.3. The van der Waals surface area contributed by atoms with Crippen molar-refractivity contribution >= 4 is 11.6 Å². The number of rotatable bonds is 2. The van der Waals surface area contributed by atoms with Crippen LogP contribution in [-0.2, 0) is 11.2 Å². The molecule has 3 rings (SSSR count). The van der Waals surface area contributed by atoms with Gasteiger partial charge < -0.3 is 10.6 Å². The van der Waals surface area contributed by atoms with Crippen molar-refractivity contribution in [3.05, 3.63) is 29.3 Å². The third-order valence-corrected chi connectivity index (χ3v) is 4.37. The third kappa shape index (κ3) is 2.60. The molecule has 1 atom stereocenters. The SMILES string of the molecule is Cc1cccc2c1NC(C(=O)NC1CCCCC1)C2. The van der Waals surface area contributed by atoms with Gasteiger partial charge in [-0.2, -0.15) is 0 Å². The number of hydrogen-bond acceptors (Lipinski definition) is 2. The zero-order chi connectivity index (χ0) is 13.2. The highest BCUT2D eigenvalue weighted by Crippen LogP contribution is 2.29. The summed E-state index contributed by atoms with van der Waals surface area (Å²) in [6, 6.07) is 6.58. The molecular formula is C16H22N2O. The smallest absolute Gasteiger partial charge is 0.243 e. The molecule has 1 aliphatic heterocycles. The largest absolute Gasteiger partial charge is 0.373 e. The van der Waals surface area contributed by atoms with Crippen molar-refractivity contribution in [1.82, 2.24) is 5.32 Å². The van der Waals surface area contributed by atoms with Crippen LogP contribution in [0.1, 0.15) is 43.2 Å².